The lowest BCUT2D eigenvalue weighted by Gasteiger charge is -2.15. The molecule has 41 heavy (non-hydrogen) atoms. The number of hydrogen-bond acceptors (Lipinski definition) is 6. The summed E-state index contributed by atoms with van der Waals surface area (Å²) in [5.41, 5.74) is 4.34. The van der Waals surface area contributed by atoms with E-state index in [0.717, 1.165) is 16.7 Å². The van der Waals surface area contributed by atoms with Crippen molar-refractivity contribution in [1.29, 1.82) is 0 Å². The highest BCUT2D eigenvalue weighted by atomic mass is 16.5. The molecule has 0 spiro atoms. The van der Waals surface area contributed by atoms with Crippen LogP contribution in [0.4, 0.5) is 0 Å². The number of benzene rings is 1. The van der Waals surface area contributed by atoms with Crippen molar-refractivity contribution < 1.29 is 28.6 Å². The van der Waals surface area contributed by atoms with E-state index in [2.05, 4.69) is 19.7 Å². The van der Waals surface area contributed by atoms with Crippen molar-refractivity contribution in [2.75, 3.05) is 0 Å². The first-order valence-corrected chi connectivity index (χ1v) is 13.4. The van der Waals surface area contributed by atoms with Gasteiger partial charge in [0.15, 0.2) is 0 Å². The molecule has 0 aliphatic rings. The summed E-state index contributed by atoms with van der Waals surface area (Å²) >= 11 is 0. The lowest BCUT2D eigenvalue weighted by Crippen LogP contribution is -2.07. The molecule has 218 valence electrons. The van der Waals surface area contributed by atoms with Gasteiger partial charge in [-0.2, -0.15) is 0 Å². The number of allylic oxidation sites excluding steroid dienone is 8. The van der Waals surface area contributed by atoms with E-state index < -0.39 is 17.9 Å². The molecule has 0 atom stereocenters. The molecule has 0 fully saturated rings. The van der Waals surface area contributed by atoms with E-state index in [1.165, 1.54) is 0 Å². The normalized spacial score (nSPS) is 13.0. The Morgan fingerprint density at radius 1 is 0.805 bits per heavy atom. The van der Waals surface area contributed by atoms with Crippen molar-refractivity contribution in [1.82, 2.24) is 0 Å². The molecule has 0 saturated heterocycles. The number of esters is 3. The van der Waals surface area contributed by atoms with Gasteiger partial charge in [-0.3, -0.25) is 0 Å². The lowest BCUT2D eigenvalue weighted by atomic mass is 9.94. The van der Waals surface area contributed by atoms with Crippen LogP contribution >= 0.6 is 0 Å². The Kier molecular flexibility index (Phi) is 14.0. The molecular weight excluding hydrogens is 516 g/mol. The summed E-state index contributed by atoms with van der Waals surface area (Å²) < 4.78 is 16.4. The topological polar surface area (TPSA) is 78.9 Å². The highest BCUT2D eigenvalue weighted by Crippen LogP contribution is 2.25. The molecule has 0 aliphatic heterocycles. The molecule has 0 aromatic heterocycles. The molecule has 1 aromatic carbocycles. The van der Waals surface area contributed by atoms with Crippen molar-refractivity contribution in [2.24, 2.45) is 5.92 Å². The number of rotatable bonds is 13. The summed E-state index contributed by atoms with van der Waals surface area (Å²) in [6, 6.07) is 7.01. The highest BCUT2D eigenvalue weighted by molar-refractivity contribution is 5.89. The molecule has 0 bridgehead atoms. The first-order valence-electron chi connectivity index (χ1n) is 13.4. The summed E-state index contributed by atoms with van der Waals surface area (Å²) in [5.74, 6) is -0.0756. The lowest BCUT2D eigenvalue weighted by molar-refractivity contribution is -0.135. The Bertz CT molecular complexity index is 1340. The largest absolute Gasteiger partial charge is 0.428 e. The zero-order valence-corrected chi connectivity index (χ0v) is 25.6. The molecule has 0 heterocycles. The fourth-order valence-corrected chi connectivity index (χ4v) is 3.18. The summed E-state index contributed by atoms with van der Waals surface area (Å²) in [6.07, 6.45) is 9.73. The van der Waals surface area contributed by atoms with Crippen LogP contribution < -0.4 is 4.74 Å². The molecule has 0 unspecified atom stereocenters. The monoisotopic (exact) mass is 558 g/mol. The van der Waals surface area contributed by atoms with Gasteiger partial charge in [0, 0.05) is 23.1 Å². The van der Waals surface area contributed by atoms with Crippen LogP contribution in [0.5, 0.6) is 5.75 Å². The van der Waals surface area contributed by atoms with E-state index in [0.29, 0.717) is 40.4 Å². The predicted octanol–water partition coefficient (Wildman–Crippen LogP) is 8.52. The van der Waals surface area contributed by atoms with E-state index in [-0.39, 0.29) is 11.5 Å². The molecule has 6 nitrogen and oxygen atoms in total. The average molecular weight is 559 g/mol. The van der Waals surface area contributed by atoms with Crippen LogP contribution in [0, 0.1) is 5.92 Å². The quantitative estimate of drug-likeness (QED) is 0.0794. The SMILES string of the molecule is C=C(C)C(=O)OC(/C=C(/C(C)=C/C=C(\CC)OC(=O)C(=C)C)C(C)C)=C(C)\C=C\c1ccc(OC(=O)C(=C)C)cc1. The molecule has 0 radical (unpaired) electrons. The molecule has 0 aliphatic carbocycles. The Labute approximate surface area is 244 Å². The third-order valence-electron chi connectivity index (χ3n) is 5.71. The van der Waals surface area contributed by atoms with Crippen LogP contribution in [0.25, 0.3) is 6.08 Å². The second-order valence-electron chi connectivity index (χ2n) is 10.0. The van der Waals surface area contributed by atoms with Gasteiger partial charge in [0.1, 0.15) is 17.3 Å². The maximum atomic E-state index is 12.5. The van der Waals surface area contributed by atoms with Gasteiger partial charge in [0.05, 0.1) is 0 Å². The van der Waals surface area contributed by atoms with E-state index in [1.54, 1.807) is 39.0 Å². The summed E-state index contributed by atoms with van der Waals surface area (Å²) in [5, 5.41) is 0. The maximum absolute atomic E-state index is 12.5. The van der Waals surface area contributed by atoms with Crippen LogP contribution in [0.15, 0.2) is 113 Å². The smallest absolute Gasteiger partial charge is 0.338 e. The summed E-state index contributed by atoms with van der Waals surface area (Å²) in [4.78, 5) is 36.2. The van der Waals surface area contributed by atoms with Gasteiger partial charge in [0.25, 0.3) is 0 Å². The fourth-order valence-electron chi connectivity index (χ4n) is 3.18. The Morgan fingerprint density at radius 2 is 1.34 bits per heavy atom. The minimum Gasteiger partial charge on any atom is -0.428 e. The zero-order valence-electron chi connectivity index (χ0n) is 25.6. The first kappa shape index (κ1) is 34.6. The minimum absolute atomic E-state index is 0.0902. The second kappa shape index (κ2) is 16.6. The Hall–Kier alpha value is -4.45. The van der Waals surface area contributed by atoms with Crippen molar-refractivity contribution >= 4 is 24.0 Å². The van der Waals surface area contributed by atoms with Crippen LogP contribution in [0.3, 0.4) is 0 Å². The fraction of sp³-hybridized carbons (Fsp3) is 0.286. The van der Waals surface area contributed by atoms with Crippen LogP contribution in [0.1, 0.15) is 67.4 Å². The van der Waals surface area contributed by atoms with Crippen molar-refractivity contribution in [3.8, 4) is 5.75 Å². The van der Waals surface area contributed by atoms with E-state index >= 15 is 0 Å². The van der Waals surface area contributed by atoms with Gasteiger partial charge < -0.3 is 14.2 Å². The number of ether oxygens (including phenoxy) is 3. The molecule has 0 N–H and O–H groups in total. The van der Waals surface area contributed by atoms with Crippen molar-refractivity contribution in [3.63, 3.8) is 0 Å². The third kappa shape index (κ3) is 12.1. The van der Waals surface area contributed by atoms with Crippen LogP contribution in [0.2, 0.25) is 0 Å². The molecule has 0 saturated carbocycles. The average Bonchev–Trinajstić information content (AvgIpc) is 2.91. The van der Waals surface area contributed by atoms with Gasteiger partial charge in [-0.05, 0) is 87.1 Å². The van der Waals surface area contributed by atoms with Gasteiger partial charge in [-0.25, -0.2) is 14.4 Å². The second-order valence-corrected chi connectivity index (χ2v) is 10.0. The standard InChI is InChI=1S/C35H42O6/c1-12-29(39-33(36)23(4)5)18-14-26(10)31(22(2)3)21-32(41-35(38)25(8)9)27(11)13-15-28-16-19-30(20-17-28)40-34(37)24(6)7/h13-22H,4,6,8,12H2,1-3,5,7,9-11H3/b15-13+,26-14+,29-18+,31-21+,32-27-. The van der Waals surface area contributed by atoms with Gasteiger partial charge >= 0.3 is 17.9 Å². The van der Waals surface area contributed by atoms with E-state index in [1.807, 2.05) is 71.1 Å². The Balaban J connectivity index is 3.45. The van der Waals surface area contributed by atoms with Gasteiger partial charge in [-0.1, -0.05) is 70.9 Å². The van der Waals surface area contributed by atoms with E-state index in [4.69, 9.17) is 14.2 Å². The summed E-state index contributed by atoms with van der Waals surface area (Å²) in [7, 11) is 0. The van der Waals surface area contributed by atoms with Crippen molar-refractivity contribution in [3.05, 3.63) is 119 Å². The molecule has 0 amide bonds. The molecule has 1 aromatic rings. The summed E-state index contributed by atoms with van der Waals surface area (Å²) in [6.45, 7) is 25.5. The van der Waals surface area contributed by atoms with E-state index in [9.17, 15) is 14.4 Å². The number of carbonyl (C=O) groups excluding carboxylic acids is 3. The first-order chi connectivity index (χ1) is 19.2. The van der Waals surface area contributed by atoms with Crippen LogP contribution in [-0.4, -0.2) is 17.9 Å². The predicted molar refractivity (Wildman–Crippen MR) is 165 cm³/mol. The molecule has 6 heteroatoms. The molecule has 1 rings (SSSR count). The number of carbonyl (C=O) groups is 3. The van der Waals surface area contributed by atoms with Gasteiger partial charge in [0.2, 0.25) is 0 Å². The van der Waals surface area contributed by atoms with Crippen LogP contribution in [-0.2, 0) is 23.9 Å². The van der Waals surface area contributed by atoms with Crippen molar-refractivity contribution in [2.45, 2.75) is 61.8 Å². The Morgan fingerprint density at radius 3 is 1.83 bits per heavy atom. The minimum atomic E-state index is -0.530. The maximum Gasteiger partial charge on any atom is 0.338 e. The highest BCUT2D eigenvalue weighted by Gasteiger charge is 2.13. The number of hydrogen-bond donors (Lipinski definition) is 0. The molecular formula is C35H42O6. The van der Waals surface area contributed by atoms with Gasteiger partial charge in [-0.15, -0.1) is 0 Å². The third-order valence-corrected chi connectivity index (χ3v) is 5.71. The zero-order chi connectivity index (χ0) is 31.3.